The van der Waals surface area contributed by atoms with Crippen molar-refractivity contribution in [2.24, 2.45) is 0 Å². The highest BCUT2D eigenvalue weighted by Gasteiger charge is 2.31. The lowest BCUT2D eigenvalue weighted by Crippen LogP contribution is -2.25. The summed E-state index contributed by atoms with van der Waals surface area (Å²) >= 11 is 10.6. The highest BCUT2D eigenvalue weighted by molar-refractivity contribution is 9.10. The second-order valence-corrected chi connectivity index (χ2v) is 7.89. The van der Waals surface area contributed by atoms with Gasteiger partial charge in [0.2, 0.25) is 0 Å². The van der Waals surface area contributed by atoms with Crippen LogP contribution in [0.2, 0.25) is 5.02 Å². The van der Waals surface area contributed by atoms with Crippen molar-refractivity contribution in [1.82, 2.24) is 20.1 Å². The lowest BCUT2D eigenvalue weighted by atomic mass is 10.2. The summed E-state index contributed by atoms with van der Waals surface area (Å²) in [5.41, 5.74) is -0.276. The minimum Gasteiger partial charge on any atom is -0.345 e. The van der Waals surface area contributed by atoms with Gasteiger partial charge in [-0.05, 0) is 42.7 Å². The zero-order chi connectivity index (χ0) is 21.2. The molecule has 0 radical (unpaired) electrons. The summed E-state index contributed by atoms with van der Waals surface area (Å²) in [5.74, 6) is -0.159. The van der Waals surface area contributed by atoms with E-state index in [1.54, 1.807) is 24.5 Å². The Kier molecular flexibility index (Phi) is 6.55. The lowest BCUT2D eigenvalue weighted by molar-refractivity contribution is -0.137. The SMILES string of the molecule is CSc1nnc(CNC(=O)c2cc(Br)ccc2Cl)n1-c1cccc(C(F)(F)F)c1. The van der Waals surface area contributed by atoms with Crippen molar-refractivity contribution in [3.05, 3.63) is 68.9 Å². The van der Waals surface area contributed by atoms with Crippen molar-refractivity contribution in [3.8, 4) is 5.69 Å². The molecule has 0 atom stereocenters. The molecule has 0 spiro atoms. The first-order valence-electron chi connectivity index (χ1n) is 8.10. The number of aromatic nitrogens is 3. The van der Waals surface area contributed by atoms with Gasteiger partial charge >= 0.3 is 6.18 Å². The maximum atomic E-state index is 13.1. The van der Waals surface area contributed by atoms with Gasteiger partial charge in [-0.25, -0.2) is 0 Å². The molecule has 0 aliphatic rings. The third-order valence-electron chi connectivity index (χ3n) is 3.89. The molecule has 0 unspecified atom stereocenters. The number of benzene rings is 2. The number of carbonyl (C=O) groups excluding carboxylic acids is 1. The van der Waals surface area contributed by atoms with E-state index in [1.807, 2.05) is 0 Å². The average molecular weight is 506 g/mol. The van der Waals surface area contributed by atoms with Crippen LogP contribution in [0.5, 0.6) is 0 Å². The Bertz CT molecular complexity index is 1060. The predicted molar refractivity (Wildman–Crippen MR) is 108 cm³/mol. The maximum Gasteiger partial charge on any atom is 0.416 e. The lowest BCUT2D eigenvalue weighted by Gasteiger charge is -2.13. The van der Waals surface area contributed by atoms with Crippen molar-refractivity contribution < 1.29 is 18.0 Å². The van der Waals surface area contributed by atoms with E-state index in [0.29, 0.717) is 9.63 Å². The molecule has 0 bridgehead atoms. The highest BCUT2D eigenvalue weighted by atomic mass is 79.9. The van der Waals surface area contributed by atoms with Gasteiger partial charge in [0.1, 0.15) is 0 Å². The average Bonchev–Trinajstić information content (AvgIpc) is 3.10. The number of carbonyl (C=O) groups is 1. The van der Waals surface area contributed by atoms with Crippen molar-refractivity contribution in [1.29, 1.82) is 0 Å². The number of nitrogens with zero attached hydrogens (tertiary/aromatic N) is 3. The van der Waals surface area contributed by atoms with Crippen molar-refractivity contribution in [3.63, 3.8) is 0 Å². The van der Waals surface area contributed by atoms with E-state index in [0.717, 1.165) is 12.1 Å². The van der Waals surface area contributed by atoms with Crippen LogP contribution in [-0.4, -0.2) is 26.9 Å². The maximum absolute atomic E-state index is 13.1. The minimum absolute atomic E-state index is 0.0501. The standard InChI is InChI=1S/C18H13BrClF3N4OS/c1-29-17-26-25-15(9-24-16(28)13-8-11(19)5-6-14(13)20)27(17)12-4-2-3-10(7-12)18(21,22)23/h2-8H,9H2,1H3,(H,24,28). The summed E-state index contributed by atoms with van der Waals surface area (Å²) < 4.78 is 41.4. The van der Waals surface area contributed by atoms with E-state index in [1.165, 1.54) is 28.5 Å². The highest BCUT2D eigenvalue weighted by Crippen LogP contribution is 2.31. The summed E-state index contributed by atoms with van der Waals surface area (Å²) in [6, 6.07) is 9.69. The monoisotopic (exact) mass is 504 g/mol. The molecular formula is C18H13BrClF3N4OS. The molecule has 1 amide bonds. The zero-order valence-electron chi connectivity index (χ0n) is 14.8. The molecule has 0 saturated heterocycles. The number of hydrogen-bond donors (Lipinski definition) is 1. The molecule has 3 rings (SSSR count). The first-order valence-corrected chi connectivity index (χ1v) is 10.5. The fourth-order valence-electron chi connectivity index (χ4n) is 2.55. The molecule has 0 aliphatic heterocycles. The Labute approximate surface area is 181 Å². The summed E-state index contributed by atoms with van der Waals surface area (Å²) in [6.45, 7) is -0.0501. The Morgan fingerprint density at radius 3 is 2.69 bits per heavy atom. The Morgan fingerprint density at radius 2 is 2.00 bits per heavy atom. The molecule has 1 aromatic heterocycles. The number of rotatable bonds is 5. The van der Waals surface area contributed by atoms with Crippen LogP contribution in [0.1, 0.15) is 21.7 Å². The number of nitrogens with one attached hydrogen (secondary N) is 1. The third kappa shape index (κ3) is 4.93. The fraction of sp³-hybridized carbons (Fsp3) is 0.167. The summed E-state index contributed by atoms with van der Waals surface area (Å²) in [4.78, 5) is 12.5. The first-order chi connectivity index (χ1) is 13.7. The number of amides is 1. The van der Waals surface area contributed by atoms with Gasteiger partial charge < -0.3 is 5.32 Å². The largest absolute Gasteiger partial charge is 0.416 e. The van der Waals surface area contributed by atoms with Crippen LogP contribution in [0.3, 0.4) is 0 Å². The zero-order valence-corrected chi connectivity index (χ0v) is 18.0. The Hall–Kier alpha value is -2.04. The topological polar surface area (TPSA) is 59.8 Å². The molecule has 0 fully saturated rings. The number of halogens is 5. The van der Waals surface area contributed by atoms with Gasteiger partial charge in [0.05, 0.1) is 28.4 Å². The predicted octanol–water partition coefficient (Wildman–Crippen LogP) is 5.35. The number of alkyl halides is 3. The first kappa shape index (κ1) is 21.7. The van der Waals surface area contributed by atoms with E-state index in [4.69, 9.17) is 11.6 Å². The molecule has 2 aromatic carbocycles. The van der Waals surface area contributed by atoms with Crippen molar-refractivity contribution in [2.75, 3.05) is 6.26 Å². The molecule has 0 aliphatic carbocycles. The van der Waals surface area contributed by atoms with E-state index >= 15 is 0 Å². The Balaban J connectivity index is 1.90. The number of hydrogen-bond acceptors (Lipinski definition) is 4. The molecule has 5 nitrogen and oxygen atoms in total. The number of thioether (sulfide) groups is 1. The van der Waals surface area contributed by atoms with Crippen molar-refractivity contribution in [2.45, 2.75) is 17.9 Å². The third-order valence-corrected chi connectivity index (χ3v) is 5.35. The van der Waals surface area contributed by atoms with Gasteiger partial charge in [-0.1, -0.05) is 45.4 Å². The normalized spacial score (nSPS) is 11.5. The molecule has 29 heavy (non-hydrogen) atoms. The van der Waals surface area contributed by atoms with Crippen LogP contribution in [0, 0.1) is 0 Å². The van der Waals surface area contributed by atoms with Gasteiger partial charge in [-0.3, -0.25) is 9.36 Å². The van der Waals surface area contributed by atoms with Crippen molar-refractivity contribution >= 4 is 45.2 Å². The fourth-order valence-corrected chi connectivity index (χ4v) is 3.63. The van der Waals surface area contributed by atoms with Crippen LogP contribution in [0.4, 0.5) is 13.2 Å². The quantitative estimate of drug-likeness (QED) is 0.475. The van der Waals surface area contributed by atoms with E-state index < -0.39 is 17.6 Å². The van der Waals surface area contributed by atoms with E-state index in [-0.39, 0.29) is 28.6 Å². The molecule has 1 heterocycles. The minimum atomic E-state index is -4.48. The van der Waals surface area contributed by atoms with E-state index in [2.05, 4.69) is 31.4 Å². The van der Waals surface area contributed by atoms with Crippen LogP contribution in [0.25, 0.3) is 5.69 Å². The summed E-state index contributed by atoms with van der Waals surface area (Å²) in [5, 5.41) is 11.4. The molecule has 0 saturated carbocycles. The summed E-state index contributed by atoms with van der Waals surface area (Å²) in [7, 11) is 0. The van der Waals surface area contributed by atoms with Gasteiger partial charge in [0, 0.05) is 4.47 Å². The summed E-state index contributed by atoms with van der Waals surface area (Å²) in [6.07, 6.45) is -2.74. The van der Waals surface area contributed by atoms with Crippen LogP contribution >= 0.6 is 39.3 Å². The molecule has 3 aromatic rings. The van der Waals surface area contributed by atoms with Gasteiger partial charge in [-0.15, -0.1) is 10.2 Å². The molecule has 11 heteroatoms. The smallest absolute Gasteiger partial charge is 0.345 e. The molecule has 1 N–H and O–H groups in total. The van der Waals surface area contributed by atoms with Gasteiger partial charge in [0.25, 0.3) is 5.91 Å². The Morgan fingerprint density at radius 1 is 1.24 bits per heavy atom. The van der Waals surface area contributed by atoms with Crippen LogP contribution in [-0.2, 0) is 12.7 Å². The van der Waals surface area contributed by atoms with E-state index in [9.17, 15) is 18.0 Å². The van der Waals surface area contributed by atoms with Crippen LogP contribution in [0.15, 0.2) is 52.1 Å². The molecular weight excluding hydrogens is 493 g/mol. The second kappa shape index (κ2) is 8.76. The van der Waals surface area contributed by atoms with Gasteiger partial charge in [-0.2, -0.15) is 13.2 Å². The molecule has 152 valence electrons. The second-order valence-electron chi connectivity index (χ2n) is 5.79. The van der Waals surface area contributed by atoms with Gasteiger partial charge in [0.15, 0.2) is 11.0 Å². The van der Waals surface area contributed by atoms with Crippen LogP contribution < -0.4 is 5.32 Å².